The lowest BCUT2D eigenvalue weighted by molar-refractivity contribution is 0.0596. The number of anilines is 1. The maximum Gasteiger partial charge on any atom is 0.356 e. The van der Waals surface area contributed by atoms with Crippen molar-refractivity contribution >= 4 is 48.2 Å². The minimum absolute atomic E-state index is 0.112. The molecule has 1 aliphatic rings. The highest BCUT2D eigenvalue weighted by Crippen LogP contribution is 2.32. The second-order valence-electron chi connectivity index (χ2n) is 4.38. The van der Waals surface area contributed by atoms with Gasteiger partial charge in [0.1, 0.15) is 18.6 Å². The first-order valence-corrected chi connectivity index (χ1v) is 6.48. The monoisotopic (exact) mass is 286 g/mol. The van der Waals surface area contributed by atoms with Crippen molar-refractivity contribution in [3.8, 4) is 0 Å². The van der Waals surface area contributed by atoms with Gasteiger partial charge in [-0.05, 0) is 24.2 Å². The molecule has 0 bridgehead atoms. The number of hydrogen-bond acceptors (Lipinski definition) is 4. The van der Waals surface area contributed by atoms with E-state index in [1.54, 1.807) is 7.85 Å². The molecule has 0 unspecified atom stereocenters. The van der Waals surface area contributed by atoms with Gasteiger partial charge < -0.3 is 10.1 Å². The summed E-state index contributed by atoms with van der Waals surface area (Å²) in [5.74, 6) is 0.175. The van der Waals surface area contributed by atoms with Crippen LogP contribution < -0.4 is 10.8 Å². The molecule has 96 valence electrons. The average Bonchev–Trinajstić information content (AvgIpc) is 3.17. The Morgan fingerprint density at radius 3 is 2.78 bits per heavy atom. The summed E-state index contributed by atoms with van der Waals surface area (Å²) in [6, 6.07) is 0. The first kappa shape index (κ1) is 13.5. The van der Waals surface area contributed by atoms with Gasteiger partial charge in [0.05, 0.1) is 12.8 Å². The number of nitrogens with zero attached hydrogens (tertiary/aromatic N) is 1. The predicted molar refractivity (Wildman–Crippen MR) is 75.0 cm³/mol. The fraction of sp³-hybridized carbons (Fsp3) is 0.455. The highest BCUT2D eigenvalue weighted by molar-refractivity contribution is 6.48. The third kappa shape index (κ3) is 2.73. The minimum atomic E-state index is -0.513. The molecule has 1 aromatic heterocycles. The van der Waals surface area contributed by atoms with E-state index in [1.807, 2.05) is 0 Å². The van der Waals surface area contributed by atoms with E-state index in [2.05, 4.69) is 15.0 Å². The van der Waals surface area contributed by atoms with Gasteiger partial charge in [-0.3, -0.25) is 0 Å². The first-order chi connectivity index (χ1) is 8.54. The van der Waals surface area contributed by atoms with E-state index in [4.69, 9.17) is 23.2 Å². The quantitative estimate of drug-likeness (QED) is 0.514. The molecular formula is C11H13BCl2N2O2. The summed E-state index contributed by atoms with van der Waals surface area (Å²) in [4.78, 5) is 15.6. The molecule has 1 fully saturated rings. The summed E-state index contributed by atoms with van der Waals surface area (Å²) in [7, 11) is 3.08. The smallest absolute Gasteiger partial charge is 0.356 e. The molecule has 1 saturated carbocycles. The topological polar surface area (TPSA) is 51.2 Å². The Bertz CT molecular complexity index is 492. The number of aromatic nitrogens is 1. The lowest BCUT2D eigenvalue weighted by atomic mass is 9.92. The Hall–Kier alpha value is -0.935. The van der Waals surface area contributed by atoms with E-state index in [-0.39, 0.29) is 10.8 Å². The van der Waals surface area contributed by atoms with Crippen LogP contribution in [0.15, 0.2) is 0 Å². The number of nitrogens with one attached hydrogen (secondary N) is 1. The Balaban J connectivity index is 2.34. The molecule has 4 nitrogen and oxygen atoms in total. The zero-order valence-electron chi connectivity index (χ0n) is 10.2. The van der Waals surface area contributed by atoms with Crippen LogP contribution in [0.1, 0.15) is 23.3 Å². The number of methoxy groups -OCH3 is 1. The van der Waals surface area contributed by atoms with E-state index >= 15 is 0 Å². The summed E-state index contributed by atoms with van der Waals surface area (Å²) in [6.07, 6.45) is 2.46. The molecule has 0 radical (unpaired) electrons. The molecule has 1 heterocycles. The number of ether oxygens (including phenoxy) is 1. The Labute approximate surface area is 116 Å². The van der Waals surface area contributed by atoms with Crippen molar-refractivity contribution in [2.75, 3.05) is 19.0 Å². The van der Waals surface area contributed by atoms with Crippen LogP contribution in [0.3, 0.4) is 0 Å². The van der Waals surface area contributed by atoms with Crippen LogP contribution in [0.5, 0.6) is 0 Å². The zero-order valence-corrected chi connectivity index (χ0v) is 11.7. The summed E-state index contributed by atoms with van der Waals surface area (Å²) in [6.45, 7) is 0.835. The van der Waals surface area contributed by atoms with Crippen molar-refractivity contribution in [1.82, 2.24) is 4.98 Å². The molecule has 18 heavy (non-hydrogen) atoms. The number of pyridine rings is 1. The van der Waals surface area contributed by atoms with Crippen LogP contribution in [-0.4, -0.2) is 32.5 Å². The fourth-order valence-corrected chi connectivity index (χ4v) is 2.12. The molecule has 0 spiro atoms. The molecule has 7 heteroatoms. The minimum Gasteiger partial charge on any atom is -0.464 e. The van der Waals surface area contributed by atoms with Gasteiger partial charge in [-0.15, -0.1) is 0 Å². The number of halogens is 2. The molecule has 2 rings (SSSR count). The fourth-order valence-electron chi connectivity index (χ4n) is 1.69. The maximum atomic E-state index is 11.6. The Morgan fingerprint density at radius 1 is 1.56 bits per heavy atom. The van der Waals surface area contributed by atoms with Crippen LogP contribution >= 0.6 is 23.2 Å². The molecule has 1 N–H and O–H groups in total. The van der Waals surface area contributed by atoms with Crippen molar-refractivity contribution in [3.63, 3.8) is 0 Å². The SMILES string of the molecule is Bc1c(C(=O)OC)nc(Cl)c(Cl)c1NCC1CC1. The highest BCUT2D eigenvalue weighted by Gasteiger charge is 2.24. The lowest BCUT2D eigenvalue weighted by Crippen LogP contribution is -2.24. The normalized spacial score (nSPS) is 14.4. The second kappa shape index (κ2) is 5.37. The summed E-state index contributed by atoms with van der Waals surface area (Å²) in [5.41, 5.74) is 1.53. The largest absolute Gasteiger partial charge is 0.464 e. The Kier molecular flexibility index (Phi) is 4.02. The molecule has 0 aromatic carbocycles. The van der Waals surface area contributed by atoms with E-state index in [1.165, 1.54) is 20.0 Å². The van der Waals surface area contributed by atoms with Gasteiger partial charge in [-0.25, -0.2) is 9.78 Å². The predicted octanol–water partition coefficient (Wildman–Crippen LogP) is 1.26. The molecule has 0 amide bonds. The molecule has 1 aromatic rings. The molecule has 0 saturated heterocycles. The van der Waals surface area contributed by atoms with Gasteiger partial charge in [-0.1, -0.05) is 23.2 Å². The number of esters is 1. The number of hydrogen-bond donors (Lipinski definition) is 1. The third-order valence-electron chi connectivity index (χ3n) is 2.98. The van der Waals surface area contributed by atoms with Crippen LogP contribution in [0.2, 0.25) is 10.2 Å². The van der Waals surface area contributed by atoms with Crippen molar-refractivity contribution in [3.05, 3.63) is 15.9 Å². The summed E-state index contributed by atoms with van der Waals surface area (Å²) < 4.78 is 4.67. The maximum absolute atomic E-state index is 11.6. The second-order valence-corrected chi connectivity index (χ2v) is 5.12. The van der Waals surface area contributed by atoms with E-state index in [0.717, 1.165) is 6.54 Å². The third-order valence-corrected chi connectivity index (χ3v) is 3.72. The summed E-state index contributed by atoms with van der Waals surface area (Å²) in [5, 5.41) is 3.70. The van der Waals surface area contributed by atoms with E-state index < -0.39 is 5.97 Å². The average molecular weight is 287 g/mol. The van der Waals surface area contributed by atoms with Gasteiger partial charge >= 0.3 is 5.97 Å². The summed E-state index contributed by atoms with van der Waals surface area (Å²) >= 11 is 12.0. The van der Waals surface area contributed by atoms with Gasteiger partial charge in [0, 0.05) is 6.54 Å². The Morgan fingerprint density at radius 2 is 2.22 bits per heavy atom. The van der Waals surface area contributed by atoms with Crippen LogP contribution in [0.25, 0.3) is 0 Å². The first-order valence-electron chi connectivity index (χ1n) is 5.72. The van der Waals surface area contributed by atoms with Crippen molar-refractivity contribution in [1.29, 1.82) is 0 Å². The number of rotatable bonds is 4. The van der Waals surface area contributed by atoms with Crippen LogP contribution in [0.4, 0.5) is 5.69 Å². The molecular weight excluding hydrogens is 274 g/mol. The van der Waals surface area contributed by atoms with Crippen molar-refractivity contribution in [2.24, 2.45) is 5.92 Å². The van der Waals surface area contributed by atoms with Gasteiger partial charge in [0.2, 0.25) is 0 Å². The molecule has 0 atom stereocenters. The molecule has 0 aliphatic heterocycles. The highest BCUT2D eigenvalue weighted by atomic mass is 35.5. The van der Waals surface area contributed by atoms with Crippen LogP contribution in [-0.2, 0) is 4.74 Å². The van der Waals surface area contributed by atoms with E-state index in [0.29, 0.717) is 22.1 Å². The van der Waals surface area contributed by atoms with E-state index in [9.17, 15) is 4.79 Å². The van der Waals surface area contributed by atoms with Crippen molar-refractivity contribution < 1.29 is 9.53 Å². The van der Waals surface area contributed by atoms with Crippen LogP contribution in [0, 0.1) is 5.92 Å². The van der Waals surface area contributed by atoms with Gasteiger partial charge in [0.15, 0.2) is 5.15 Å². The molecule has 1 aliphatic carbocycles. The number of carbonyl (C=O) groups is 1. The lowest BCUT2D eigenvalue weighted by Gasteiger charge is -2.14. The van der Waals surface area contributed by atoms with Crippen molar-refractivity contribution in [2.45, 2.75) is 12.8 Å². The number of carbonyl (C=O) groups excluding carboxylic acids is 1. The van der Waals surface area contributed by atoms with Gasteiger partial charge in [-0.2, -0.15) is 0 Å². The standard InChI is InChI=1S/C11H13BCl2N2O2/c1-18-11(17)9-6(12)8(7(13)10(14)16-9)15-4-5-2-3-5/h5H,2-4,12H2,1H3,(H,15,16). The van der Waals surface area contributed by atoms with Gasteiger partial charge in [0.25, 0.3) is 0 Å². The zero-order chi connectivity index (χ0) is 13.3.